The van der Waals surface area contributed by atoms with Crippen LogP contribution in [0.4, 0.5) is 36.4 Å². The Bertz CT molecular complexity index is 980. The van der Waals surface area contributed by atoms with E-state index < -0.39 is 40.5 Å². The van der Waals surface area contributed by atoms with Gasteiger partial charge in [0.1, 0.15) is 5.82 Å². The molecule has 0 spiro atoms. The highest BCUT2D eigenvalue weighted by molar-refractivity contribution is 7.80. The van der Waals surface area contributed by atoms with Crippen molar-refractivity contribution in [2.75, 3.05) is 11.9 Å². The van der Waals surface area contributed by atoms with Crippen molar-refractivity contribution >= 4 is 23.0 Å². The van der Waals surface area contributed by atoms with Gasteiger partial charge >= 0.3 is 12.4 Å². The summed E-state index contributed by atoms with van der Waals surface area (Å²) in [5, 5.41) is 2.55. The number of nitrogens with zero attached hydrogens (tertiary/aromatic N) is 1. The number of likely N-dealkylation sites (tertiary alicyclic amines) is 1. The van der Waals surface area contributed by atoms with Crippen molar-refractivity contribution in [2.45, 2.75) is 45.1 Å². The van der Waals surface area contributed by atoms with Crippen LogP contribution in [0, 0.1) is 11.2 Å². The molecule has 1 fully saturated rings. The number of hydrogen-bond donors (Lipinski definition) is 1. The number of halogens is 7. The molecule has 1 aliphatic heterocycles. The number of benzene rings is 2. The third kappa shape index (κ3) is 5.00. The predicted octanol–water partition coefficient (Wildman–Crippen LogP) is 7.21. The first-order valence-corrected chi connectivity index (χ1v) is 10.1. The normalized spacial score (nSPS) is 21.0. The first-order chi connectivity index (χ1) is 14.5. The van der Waals surface area contributed by atoms with E-state index in [2.05, 4.69) is 5.32 Å². The monoisotopic (exact) mass is 478 g/mol. The smallest absolute Gasteiger partial charge is 0.339 e. The SMILES string of the molecule is CC1(C)CN(C(=S)Nc2cc(C(F)(F)F)cc(C(F)(F)F)c2)[C@](C)(c2ccc(F)cc2)C1. The molecule has 3 rings (SSSR count). The van der Waals surface area contributed by atoms with E-state index in [9.17, 15) is 30.7 Å². The van der Waals surface area contributed by atoms with E-state index >= 15 is 0 Å². The van der Waals surface area contributed by atoms with Gasteiger partial charge in [-0.3, -0.25) is 0 Å². The maximum atomic E-state index is 13.4. The molecule has 0 saturated carbocycles. The van der Waals surface area contributed by atoms with Gasteiger partial charge in [0.25, 0.3) is 0 Å². The van der Waals surface area contributed by atoms with Crippen molar-refractivity contribution in [2.24, 2.45) is 5.41 Å². The number of anilines is 1. The molecule has 1 aliphatic rings. The highest BCUT2D eigenvalue weighted by atomic mass is 32.1. The van der Waals surface area contributed by atoms with Gasteiger partial charge in [-0.25, -0.2) is 4.39 Å². The standard InChI is InChI=1S/C22H21F7N2S/c1-19(2)11-20(3,13-4-6-16(23)7-5-13)31(12-19)18(32)30-17-9-14(21(24,25)26)8-15(10-17)22(27,28)29/h4-10H,11-12H2,1-3H3,(H,30,32)/t20-/m0/s1. The van der Waals surface area contributed by atoms with Crippen LogP contribution in [0.5, 0.6) is 0 Å². The molecule has 174 valence electrons. The number of rotatable bonds is 2. The molecule has 1 N–H and O–H groups in total. The van der Waals surface area contributed by atoms with Crippen molar-refractivity contribution in [3.05, 3.63) is 65.0 Å². The Labute approximate surface area is 186 Å². The Morgan fingerprint density at radius 1 is 0.906 bits per heavy atom. The minimum atomic E-state index is -4.96. The number of thiocarbonyl (C=S) groups is 1. The van der Waals surface area contributed by atoms with Gasteiger partial charge in [0, 0.05) is 12.2 Å². The zero-order valence-corrected chi connectivity index (χ0v) is 18.3. The van der Waals surface area contributed by atoms with Crippen LogP contribution in [0.2, 0.25) is 0 Å². The molecule has 32 heavy (non-hydrogen) atoms. The van der Waals surface area contributed by atoms with E-state index in [1.165, 1.54) is 12.1 Å². The van der Waals surface area contributed by atoms with E-state index in [-0.39, 0.29) is 16.6 Å². The summed E-state index contributed by atoms with van der Waals surface area (Å²) in [6.45, 7) is 6.21. The molecule has 0 aliphatic carbocycles. The quantitative estimate of drug-likeness (QED) is 0.363. The van der Waals surface area contributed by atoms with Gasteiger partial charge in [0.05, 0.1) is 16.7 Å². The topological polar surface area (TPSA) is 15.3 Å². The summed E-state index contributed by atoms with van der Waals surface area (Å²) in [4.78, 5) is 1.73. The summed E-state index contributed by atoms with van der Waals surface area (Å²) in [5.74, 6) is -0.425. The Balaban J connectivity index is 1.98. The van der Waals surface area contributed by atoms with Gasteiger partial charge in [-0.1, -0.05) is 26.0 Å². The van der Waals surface area contributed by atoms with Crippen molar-refractivity contribution in [1.29, 1.82) is 0 Å². The molecule has 2 aromatic rings. The molecule has 10 heteroatoms. The van der Waals surface area contributed by atoms with E-state index in [0.717, 1.165) is 5.56 Å². The van der Waals surface area contributed by atoms with Crippen molar-refractivity contribution in [3.8, 4) is 0 Å². The van der Waals surface area contributed by atoms with Crippen LogP contribution < -0.4 is 5.32 Å². The highest BCUT2D eigenvalue weighted by Gasteiger charge is 2.48. The second kappa shape index (κ2) is 7.90. The lowest BCUT2D eigenvalue weighted by Crippen LogP contribution is -2.45. The molecule has 2 nitrogen and oxygen atoms in total. The third-order valence-corrected chi connectivity index (χ3v) is 5.88. The average molecular weight is 478 g/mol. The van der Waals surface area contributed by atoms with Gasteiger partial charge in [-0.05, 0) is 66.9 Å². The molecule has 0 unspecified atom stereocenters. The minimum absolute atomic E-state index is 0.0187. The molecular formula is C22H21F7N2S. The second-order valence-electron chi connectivity index (χ2n) is 8.93. The van der Waals surface area contributed by atoms with Gasteiger partial charge in [-0.15, -0.1) is 0 Å². The van der Waals surface area contributed by atoms with Gasteiger partial charge in [0.15, 0.2) is 5.11 Å². The Hall–Kier alpha value is -2.36. The zero-order chi connectivity index (χ0) is 24.1. The number of alkyl halides is 6. The molecule has 0 aromatic heterocycles. The van der Waals surface area contributed by atoms with E-state index in [1.807, 2.05) is 20.8 Å². The molecule has 1 saturated heterocycles. The summed E-state index contributed by atoms with van der Waals surface area (Å²) in [6.07, 6.45) is -9.33. The summed E-state index contributed by atoms with van der Waals surface area (Å²) in [5.41, 5.74) is -3.55. The largest absolute Gasteiger partial charge is 0.416 e. The Kier molecular flexibility index (Phi) is 5.99. The fraction of sp³-hybridized carbons (Fsp3) is 0.409. The highest BCUT2D eigenvalue weighted by Crippen LogP contribution is 2.47. The number of hydrogen-bond acceptors (Lipinski definition) is 1. The van der Waals surface area contributed by atoms with Crippen LogP contribution in [0.25, 0.3) is 0 Å². The predicted molar refractivity (Wildman–Crippen MR) is 112 cm³/mol. The van der Waals surface area contributed by atoms with Crippen LogP contribution in [0.15, 0.2) is 42.5 Å². The first kappa shape index (κ1) is 24.3. The van der Waals surface area contributed by atoms with Crippen LogP contribution in [-0.4, -0.2) is 16.6 Å². The maximum Gasteiger partial charge on any atom is 0.416 e. The Morgan fingerprint density at radius 3 is 1.88 bits per heavy atom. The molecule has 0 amide bonds. The molecule has 1 heterocycles. The van der Waals surface area contributed by atoms with E-state index in [0.29, 0.717) is 25.1 Å². The Morgan fingerprint density at radius 2 is 1.41 bits per heavy atom. The lowest BCUT2D eigenvalue weighted by molar-refractivity contribution is -0.143. The first-order valence-electron chi connectivity index (χ1n) is 9.65. The number of nitrogens with one attached hydrogen (secondary N) is 1. The van der Waals surface area contributed by atoms with Gasteiger partial charge in [0.2, 0.25) is 0 Å². The van der Waals surface area contributed by atoms with E-state index in [1.54, 1.807) is 17.0 Å². The molecule has 1 atom stereocenters. The molecule has 2 aromatic carbocycles. The lowest BCUT2D eigenvalue weighted by atomic mass is 9.81. The van der Waals surface area contributed by atoms with Crippen LogP contribution in [0.1, 0.15) is 43.9 Å². The minimum Gasteiger partial charge on any atom is -0.339 e. The molecular weight excluding hydrogens is 457 g/mol. The fourth-order valence-corrected chi connectivity index (χ4v) is 4.65. The zero-order valence-electron chi connectivity index (χ0n) is 17.5. The van der Waals surface area contributed by atoms with Crippen LogP contribution in [0.3, 0.4) is 0 Å². The second-order valence-corrected chi connectivity index (χ2v) is 9.32. The van der Waals surface area contributed by atoms with Crippen molar-refractivity contribution in [1.82, 2.24) is 4.90 Å². The van der Waals surface area contributed by atoms with Crippen LogP contribution in [-0.2, 0) is 17.9 Å². The molecule has 0 bridgehead atoms. The average Bonchev–Trinajstić information content (AvgIpc) is 2.90. The van der Waals surface area contributed by atoms with E-state index in [4.69, 9.17) is 12.2 Å². The fourth-order valence-electron chi connectivity index (χ4n) is 4.27. The lowest BCUT2D eigenvalue weighted by Gasteiger charge is -2.37. The van der Waals surface area contributed by atoms with Gasteiger partial charge in [-0.2, -0.15) is 26.3 Å². The maximum absolute atomic E-state index is 13.4. The summed E-state index contributed by atoms with van der Waals surface area (Å²) in [7, 11) is 0. The third-order valence-electron chi connectivity index (χ3n) is 5.55. The summed E-state index contributed by atoms with van der Waals surface area (Å²) in [6, 6.07) is 7.04. The summed E-state index contributed by atoms with van der Waals surface area (Å²) < 4.78 is 92.5. The van der Waals surface area contributed by atoms with Crippen LogP contribution >= 0.6 is 12.2 Å². The van der Waals surface area contributed by atoms with Crippen molar-refractivity contribution in [3.63, 3.8) is 0 Å². The van der Waals surface area contributed by atoms with Crippen molar-refractivity contribution < 1.29 is 30.7 Å². The molecule has 0 radical (unpaired) electrons. The van der Waals surface area contributed by atoms with Gasteiger partial charge < -0.3 is 10.2 Å². The summed E-state index contributed by atoms with van der Waals surface area (Å²) >= 11 is 5.42.